The predicted octanol–water partition coefficient (Wildman–Crippen LogP) is 1.37. The summed E-state index contributed by atoms with van der Waals surface area (Å²) in [6, 6.07) is 7.29. The van der Waals surface area contributed by atoms with Crippen LogP contribution in [0, 0.1) is 13.8 Å². The highest BCUT2D eigenvalue weighted by Gasteiger charge is 2.21. The number of hydrogen-bond donors (Lipinski definition) is 2. The van der Waals surface area contributed by atoms with Crippen LogP contribution in [0.1, 0.15) is 28.9 Å². The van der Waals surface area contributed by atoms with Crippen molar-refractivity contribution in [2.75, 3.05) is 26.2 Å². The number of nitrogens with zero attached hydrogens (tertiary/aromatic N) is 3. The molecule has 144 valence electrons. The number of carbonyl (C=O) groups is 1. The van der Waals surface area contributed by atoms with E-state index in [-0.39, 0.29) is 17.3 Å². The van der Waals surface area contributed by atoms with E-state index >= 15 is 0 Å². The quantitative estimate of drug-likeness (QED) is 0.830. The zero-order valence-corrected chi connectivity index (χ0v) is 15.9. The molecule has 1 saturated heterocycles. The van der Waals surface area contributed by atoms with Crippen LogP contribution in [-0.2, 0) is 17.8 Å². The molecule has 7 heteroatoms. The third-order valence-electron chi connectivity index (χ3n) is 5.08. The van der Waals surface area contributed by atoms with Crippen molar-refractivity contribution in [1.82, 2.24) is 19.8 Å². The van der Waals surface area contributed by atoms with Gasteiger partial charge in [0.2, 0.25) is 5.91 Å². The van der Waals surface area contributed by atoms with Crippen LogP contribution in [0.2, 0.25) is 0 Å². The van der Waals surface area contributed by atoms with E-state index in [2.05, 4.69) is 14.9 Å². The molecule has 0 bridgehead atoms. The number of carbonyl (C=O) groups excluding carboxylic acids is 1. The number of benzene rings is 1. The van der Waals surface area contributed by atoms with Crippen LogP contribution in [0.5, 0.6) is 5.75 Å². The average Bonchev–Trinajstić information content (AvgIpc) is 2.61. The van der Waals surface area contributed by atoms with Gasteiger partial charge in [-0.05, 0) is 43.5 Å². The summed E-state index contributed by atoms with van der Waals surface area (Å²) in [6.45, 7) is 7.48. The average molecular weight is 370 g/mol. The molecule has 0 spiro atoms. The number of aromatic amines is 1. The Bertz CT molecular complexity index is 844. The van der Waals surface area contributed by atoms with Gasteiger partial charge in [0.05, 0.1) is 0 Å². The maximum Gasteiger partial charge on any atom is 0.345 e. The summed E-state index contributed by atoms with van der Waals surface area (Å²) in [7, 11) is 0. The van der Waals surface area contributed by atoms with Crippen molar-refractivity contribution in [1.29, 1.82) is 0 Å². The minimum Gasteiger partial charge on any atom is -0.508 e. The van der Waals surface area contributed by atoms with Gasteiger partial charge in [0, 0.05) is 50.5 Å². The molecule has 1 aliphatic heterocycles. The second kappa shape index (κ2) is 8.35. The first kappa shape index (κ1) is 19.1. The molecular formula is C20H26N4O3. The number of aryl methyl sites for hydroxylation is 2. The summed E-state index contributed by atoms with van der Waals surface area (Å²) in [6.07, 6.45) is 1.01. The Morgan fingerprint density at radius 2 is 1.96 bits per heavy atom. The molecule has 7 nitrogen and oxygen atoms in total. The molecule has 2 heterocycles. The van der Waals surface area contributed by atoms with Crippen LogP contribution in [0.4, 0.5) is 0 Å². The highest BCUT2D eigenvalue weighted by atomic mass is 16.3. The molecule has 0 aliphatic carbocycles. The molecule has 1 aromatic heterocycles. The lowest BCUT2D eigenvalue weighted by Gasteiger charge is -2.35. The standard InChI is InChI=1S/C20H26N4O3/c1-14-18(15(2)22-20(27)21-14)6-7-19(26)24-10-8-23(9-11-24)13-16-4-3-5-17(25)12-16/h3-5,12,25H,6-11,13H2,1-2H3,(H,21,22,27). The lowest BCUT2D eigenvalue weighted by atomic mass is 10.1. The zero-order chi connectivity index (χ0) is 19.4. The van der Waals surface area contributed by atoms with Crippen LogP contribution >= 0.6 is 0 Å². The minimum atomic E-state index is -0.345. The third-order valence-corrected chi connectivity index (χ3v) is 5.08. The molecule has 1 aromatic carbocycles. The molecule has 3 rings (SSSR count). The van der Waals surface area contributed by atoms with Gasteiger partial charge in [-0.25, -0.2) is 4.79 Å². The van der Waals surface area contributed by atoms with E-state index < -0.39 is 0 Å². The number of amides is 1. The summed E-state index contributed by atoms with van der Waals surface area (Å²) >= 11 is 0. The van der Waals surface area contributed by atoms with Crippen molar-refractivity contribution < 1.29 is 9.90 Å². The van der Waals surface area contributed by atoms with Crippen molar-refractivity contribution in [3.63, 3.8) is 0 Å². The number of aromatic nitrogens is 2. The topological polar surface area (TPSA) is 89.5 Å². The fourth-order valence-electron chi connectivity index (χ4n) is 3.58. The van der Waals surface area contributed by atoms with Gasteiger partial charge in [-0.1, -0.05) is 12.1 Å². The second-order valence-electron chi connectivity index (χ2n) is 7.06. The van der Waals surface area contributed by atoms with Gasteiger partial charge in [-0.2, -0.15) is 4.98 Å². The number of piperazine rings is 1. The SMILES string of the molecule is Cc1nc(=O)[nH]c(C)c1CCC(=O)N1CCN(Cc2cccc(O)c2)CC1. The molecule has 1 fully saturated rings. The largest absolute Gasteiger partial charge is 0.508 e. The molecule has 1 aliphatic rings. The number of phenolic OH excluding ortho intramolecular Hbond substituents is 1. The van der Waals surface area contributed by atoms with Crippen LogP contribution in [-0.4, -0.2) is 57.0 Å². The number of phenols is 1. The predicted molar refractivity (Wildman–Crippen MR) is 103 cm³/mol. The summed E-state index contributed by atoms with van der Waals surface area (Å²) in [4.78, 5) is 34.7. The van der Waals surface area contributed by atoms with E-state index in [9.17, 15) is 14.7 Å². The van der Waals surface area contributed by atoms with Crippen molar-refractivity contribution in [3.8, 4) is 5.75 Å². The van der Waals surface area contributed by atoms with Crippen molar-refractivity contribution in [2.24, 2.45) is 0 Å². The number of nitrogens with one attached hydrogen (secondary N) is 1. The van der Waals surface area contributed by atoms with Gasteiger partial charge >= 0.3 is 5.69 Å². The molecule has 1 amide bonds. The molecule has 27 heavy (non-hydrogen) atoms. The first-order chi connectivity index (χ1) is 12.9. The molecule has 0 radical (unpaired) electrons. The smallest absolute Gasteiger partial charge is 0.345 e. The summed E-state index contributed by atoms with van der Waals surface area (Å²) in [5, 5.41) is 9.57. The van der Waals surface area contributed by atoms with E-state index in [1.807, 2.05) is 30.9 Å². The Hall–Kier alpha value is -2.67. The Labute approximate surface area is 158 Å². The number of rotatable bonds is 5. The highest BCUT2D eigenvalue weighted by molar-refractivity contribution is 5.76. The van der Waals surface area contributed by atoms with Crippen LogP contribution in [0.3, 0.4) is 0 Å². The summed E-state index contributed by atoms with van der Waals surface area (Å²) in [5.74, 6) is 0.417. The van der Waals surface area contributed by atoms with Gasteiger partial charge in [0.25, 0.3) is 0 Å². The third kappa shape index (κ3) is 4.95. The van der Waals surface area contributed by atoms with Gasteiger partial charge in [0.1, 0.15) is 5.75 Å². The first-order valence-corrected chi connectivity index (χ1v) is 9.27. The molecule has 0 unspecified atom stereocenters. The van der Waals surface area contributed by atoms with E-state index in [0.29, 0.717) is 31.6 Å². The van der Waals surface area contributed by atoms with E-state index in [1.165, 1.54) is 0 Å². The lowest BCUT2D eigenvalue weighted by molar-refractivity contribution is -0.133. The molecule has 0 atom stereocenters. The molecule has 2 N–H and O–H groups in total. The Balaban J connectivity index is 1.49. The van der Waals surface area contributed by atoms with Crippen LogP contribution < -0.4 is 5.69 Å². The van der Waals surface area contributed by atoms with Crippen molar-refractivity contribution >= 4 is 5.91 Å². The van der Waals surface area contributed by atoms with Crippen molar-refractivity contribution in [3.05, 3.63) is 57.3 Å². The van der Waals surface area contributed by atoms with Crippen LogP contribution in [0.15, 0.2) is 29.1 Å². The summed E-state index contributed by atoms with van der Waals surface area (Å²) in [5.41, 5.74) is 3.16. The van der Waals surface area contributed by atoms with Crippen molar-refractivity contribution in [2.45, 2.75) is 33.2 Å². The fourth-order valence-corrected chi connectivity index (χ4v) is 3.58. The lowest BCUT2D eigenvalue weighted by Crippen LogP contribution is -2.48. The Morgan fingerprint density at radius 1 is 1.22 bits per heavy atom. The highest BCUT2D eigenvalue weighted by Crippen LogP contribution is 2.15. The number of aromatic hydroxyl groups is 1. The Kier molecular flexibility index (Phi) is 5.91. The van der Waals surface area contributed by atoms with Gasteiger partial charge in [-0.15, -0.1) is 0 Å². The molecule has 2 aromatic rings. The first-order valence-electron chi connectivity index (χ1n) is 9.27. The maximum absolute atomic E-state index is 12.6. The number of H-pyrrole nitrogens is 1. The van der Waals surface area contributed by atoms with Gasteiger partial charge in [-0.3, -0.25) is 9.69 Å². The van der Waals surface area contributed by atoms with Gasteiger partial charge < -0.3 is 15.0 Å². The monoisotopic (exact) mass is 370 g/mol. The van der Waals surface area contributed by atoms with E-state index in [4.69, 9.17) is 0 Å². The van der Waals surface area contributed by atoms with Crippen LogP contribution in [0.25, 0.3) is 0 Å². The normalized spacial score (nSPS) is 15.1. The fraction of sp³-hybridized carbons (Fsp3) is 0.450. The minimum absolute atomic E-state index is 0.136. The Morgan fingerprint density at radius 3 is 2.63 bits per heavy atom. The second-order valence-corrected chi connectivity index (χ2v) is 7.06. The molecular weight excluding hydrogens is 344 g/mol. The summed E-state index contributed by atoms with van der Waals surface area (Å²) < 4.78 is 0. The number of hydrogen-bond acceptors (Lipinski definition) is 5. The molecule has 0 saturated carbocycles. The maximum atomic E-state index is 12.6. The van der Waals surface area contributed by atoms with E-state index in [1.54, 1.807) is 12.1 Å². The van der Waals surface area contributed by atoms with Gasteiger partial charge in [0.15, 0.2) is 0 Å². The zero-order valence-electron chi connectivity index (χ0n) is 15.9. The van der Waals surface area contributed by atoms with E-state index in [0.717, 1.165) is 36.5 Å².